The number of hydrogen-bond donors (Lipinski definition) is 1. The summed E-state index contributed by atoms with van der Waals surface area (Å²) in [5.74, 6) is 7.71. The quantitative estimate of drug-likeness (QED) is 0.568. The van der Waals surface area contributed by atoms with Crippen molar-refractivity contribution in [2.24, 2.45) is 5.92 Å². The first-order valence-electron chi connectivity index (χ1n) is 10.7. The van der Waals surface area contributed by atoms with Crippen molar-refractivity contribution in [3.8, 4) is 17.7 Å². The smallest absolute Gasteiger partial charge is 0.290 e. The van der Waals surface area contributed by atoms with Crippen LogP contribution in [0.2, 0.25) is 0 Å². The number of likely N-dealkylation sites (tertiary alicyclic amines) is 1. The first kappa shape index (κ1) is 23.1. The molecular weight excluding hydrogens is 410 g/mol. The molecule has 2 aromatic rings. The summed E-state index contributed by atoms with van der Waals surface area (Å²) >= 11 is 0. The van der Waals surface area contributed by atoms with Crippen LogP contribution in [-0.4, -0.2) is 51.6 Å². The van der Waals surface area contributed by atoms with E-state index in [4.69, 9.17) is 14.6 Å². The van der Waals surface area contributed by atoms with Crippen LogP contribution in [0.3, 0.4) is 0 Å². The average Bonchev–Trinajstić information content (AvgIpc) is 3.45. The van der Waals surface area contributed by atoms with Crippen LogP contribution in [0.1, 0.15) is 42.6 Å². The maximum absolute atomic E-state index is 12.5. The highest BCUT2D eigenvalue weighted by Crippen LogP contribution is 2.27. The number of hydrogen-bond acceptors (Lipinski definition) is 5. The van der Waals surface area contributed by atoms with Crippen LogP contribution in [-0.2, 0) is 16.1 Å². The van der Waals surface area contributed by atoms with E-state index in [1.165, 1.54) is 18.9 Å². The van der Waals surface area contributed by atoms with Crippen LogP contribution in [0.25, 0.3) is 0 Å². The van der Waals surface area contributed by atoms with Gasteiger partial charge in [0.15, 0.2) is 6.61 Å². The molecule has 1 saturated heterocycles. The summed E-state index contributed by atoms with van der Waals surface area (Å²) < 4.78 is 7.08. The molecule has 1 amide bonds. The number of amides is 1. The maximum Gasteiger partial charge on any atom is 0.290 e. The minimum Gasteiger partial charge on any atom is -0.483 e. The molecule has 0 atom stereocenters. The largest absolute Gasteiger partial charge is 0.483 e. The molecule has 1 saturated carbocycles. The van der Waals surface area contributed by atoms with Crippen LogP contribution < -0.4 is 10.3 Å². The van der Waals surface area contributed by atoms with Crippen molar-refractivity contribution in [3.63, 3.8) is 0 Å². The number of benzene rings is 1. The lowest BCUT2D eigenvalue weighted by Gasteiger charge is -2.16. The second kappa shape index (κ2) is 11.1. The molecule has 1 N–H and O–H groups in total. The molecule has 168 valence electrons. The molecule has 4 rings (SSSR count). The Kier molecular flexibility index (Phi) is 8.03. The SMILES string of the molecule is Cc1nc(OCC(=O)N2CCCC2)cc(=O)n1Cc1ccc(C#CC2CC2)cc1.O=CO. The highest BCUT2D eigenvalue weighted by molar-refractivity contribution is 5.77. The zero-order valence-corrected chi connectivity index (χ0v) is 18.1. The first-order chi connectivity index (χ1) is 15.5. The summed E-state index contributed by atoms with van der Waals surface area (Å²) in [6, 6.07) is 9.30. The van der Waals surface area contributed by atoms with Gasteiger partial charge in [-0.3, -0.25) is 19.0 Å². The number of ether oxygens (including phenoxy) is 1. The third-order valence-corrected chi connectivity index (χ3v) is 5.27. The van der Waals surface area contributed by atoms with Crippen LogP contribution in [0, 0.1) is 24.7 Å². The van der Waals surface area contributed by atoms with Crippen LogP contribution in [0.4, 0.5) is 0 Å². The van der Waals surface area contributed by atoms with Gasteiger partial charge in [0.2, 0.25) is 5.88 Å². The topological polar surface area (TPSA) is 102 Å². The van der Waals surface area contributed by atoms with Crippen molar-refractivity contribution < 1.29 is 19.4 Å². The van der Waals surface area contributed by atoms with E-state index in [-0.39, 0.29) is 30.4 Å². The number of carbonyl (C=O) groups is 2. The van der Waals surface area contributed by atoms with Crippen molar-refractivity contribution in [3.05, 3.63) is 57.6 Å². The molecule has 1 aliphatic carbocycles. The molecule has 0 bridgehead atoms. The predicted octanol–water partition coefficient (Wildman–Crippen LogP) is 2.06. The summed E-state index contributed by atoms with van der Waals surface area (Å²) in [5.41, 5.74) is 1.81. The lowest BCUT2D eigenvalue weighted by Crippen LogP contribution is -2.32. The summed E-state index contributed by atoms with van der Waals surface area (Å²) in [5, 5.41) is 6.89. The normalized spacial score (nSPS) is 14.6. The van der Waals surface area contributed by atoms with Crippen molar-refractivity contribution in [2.75, 3.05) is 19.7 Å². The van der Waals surface area contributed by atoms with Crippen LogP contribution in [0.15, 0.2) is 35.1 Å². The number of nitrogens with zero attached hydrogens (tertiary/aromatic N) is 3. The molecule has 0 radical (unpaired) electrons. The molecule has 1 aromatic heterocycles. The standard InChI is InChI=1S/C23H25N3O3.CH2O2/c1-17-24-21(29-16-23(28)25-12-2-3-13-25)14-22(27)26(17)15-20-10-8-19(9-11-20)7-6-18-4-5-18;2-1-3/h8-11,14,18H,2-5,12-13,15-16H2,1H3;1H,(H,2,3). The molecule has 8 heteroatoms. The monoisotopic (exact) mass is 437 g/mol. The van der Waals surface area contributed by atoms with E-state index in [1.54, 1.807) is 16.4 Å². The Bertz CT molecular complexity index is 1060. The Morgan fingerprint density at radius 1 is 1.25 bits per heavy atom. The summed E-state index contributed by atoms with van der Waals surface area (Å²) in [6.07, 6.45) is 4.50. The molecule has 0 spiro atoms. The molecule has 8 nitrogen and oxygen atoms in total. The van der Waals surface area contributed by atoms with Gasteiger partial charge in [-0.1, -0.05) is 24.0 Å². The zero-order valence-electron chi connectivity index (χ0n) is 18.1. The molecule has 2 fully saturated rings. The van der Waals surface area contributed by atoms with E-state index in [0.717, 1.165) is 37.1 Å². The fraction of sp³-hybridized carbons (Fsp3) is 0.417. The lowest BCUT2D eigenvalue weighted by atomic mass is 10.1. The van der Waals surface area contributed by atoms with Gasteiger partial charge >= 0.3 is 0 Å². The first-order valence-corrected chi connectivity index (χ1v) is 10.7. The van der Waals surface area contributed by atoms with Gasteiger partial charge in [0.25, 0.3) is 17.9 Å². The van der Waals surface area contributed by atoms with Crippen LogP contribution >= 0.6 is 0 Å². The summed E-state index contributed by atoms with van der Waals surface area (Å²) in [6.45, 7) is 3.43. The highest BCUT2D eigenvalue weighted by Gasteiger charge is 2.19. The molecule has 0 unspecified atom stereocenters. The van der Waals surface area contributed by atoms with Gasteiger partial charge in [0, 0.05) is 24.6 Å². The van der Waals surface area contributed by atoms with Crippen molar-refractivity contribution in [1.82, 2.24) is 14.5 Å². The average molecular weight is 437 g/mol. The Labute approximate surface area is 186 Å². The van der Waals surface area contributed by atoms with Crippen molar-refractivity contribution >= 4 is 12.4 Å². The zero-order chi connectivity index (χ0) is 22.9. The van der Waals surface area contributed by atoms with Crippen LogP contribution in [0.5, 0.6) is 5.88 Å². The van der Waals surface area contributed by atoms with Gasteiger partial charge in [-0.05, 0) is 50.3 Å². The summed E-state index contributed by atoms with van der Waals surface area (Å²) in [4.78, 5) is 39.1. The van der Waals surface area contributed by atoms with E-state index in [2.05, 4.69) is 16.8 Å². The molecule has 1 aromatic carbocycles. The number of carbonyl (C=O) groups excluding carboxylic acids is 1. The van der Waals surface area contributed by atoms with Crippen molar-refractivity contribution in [2.45, 2.75) is 39.2 Å². The minimum absolute atomic E-state index is 0.0593. The number of carboxylic acid groups (broad SMARTS) is 1. The summed E-state index contributed by atoms with van der Waals surface area (Å²) in [7, 11) is 0. The molecule has 2 aliphatic rings. The third-order valence-electron chi connectivity index (χ3n) is 5.27. The Morgan fingerprint density at radius 3 is 2.50 bits per heavy atom. The number of aryl methyl sites for hydroxylation is 1. The minimum atomic E-state index is -0.250. The Balaban J connectivity index is 0.000000913. The molecule has 1 aliphatic heterocycles. The van der Waals surface area contributed by atoms with E-state index < -0.39 is 0 Å². The Morgan fingerprint density at radius 2 is 1.91 bits per heavy atom. The highest BCUT2D eigenvalue weighted by atomic mass is 16.5. The molecular formula is C24H27N3O5. The molecule has 2 heterocycles. The second-order valence-electron chi connectivity index (χ2n) is 7.79. The van der Waals surface area contributed by atoms with Gasteiger partial charge in [-0.25, -0.2) is 4.98 Å². The third kappa shape index (κ3) is 6.71. The lowest BCUT2D eigenvalue weighted by molar-refractivity contribution is -0.132. The predicted molar refractivity (Wildman–Crippen MR) is 118 cm³/mol. The van der Waals surface area contributed by atoms with Gasteiger partial charge in [0.05, 0.1) is 12.6 Å². The van der Waals surface area contributed by atoms with E-state index in [0.29, 0.717) is 18.3 Å². The van der Waals surface area contributed by atoms with Gasteiger partial charge in [-0.2, -0.15) is 0 Å². The van der Waals surface area contributed by atoms with E-state index in [1.807, 2.05) is 24.3 Å². The van der Waals surface area contributed by atoms with E-state index in [9.17, 15) is 9.59 Å². The fourth-order valence-corrected chi connectivity index (χ4v) is 3.34. The molecule has 32 heavy (non-hydrogen) atoms. The maximum atomic E-state index is 12.5. The van der Waals surface area contributed by atoms with E-state index >= 15 is 0 Å². The van der Waals surface area contributed by atoms with Gasteiger partial charge < -0.3 is 14.7 Å². The van der Waals surface area contributed by atoms with Gasteiger partial charge in [-0.15, -0.1) is 0 Å². The van der Waals surface area contributed by atoms with Gasteiger partial charge in [0.1, 0.15) is 5.82 Å². The fourth-order valence-electron chi connectivity index (χ4n) is 3.34. The second-order valence-corrected chi connectivity index (χ2v) is 7.79. The number of rotatable bonds is 5. The Hall–Kier alpha value is -3.60. The van der Waals surface area contributed by atoms with Crippen molar-refractivity contribution in [1.29, 1.82) is 0 Å². The number of aromatic nitrogens is 2.